The lowest BCUT2D eigenvalue weighted by molar-refractivity contribution is -0.0979. The van der Waals surface area contributed by atoms with Gasteiger partial charge >= 0.3 is 0 Å². The topological polar surface area (TPSA) is 21.3 Å². The molecule has 0 aliphatic heterocycles. The summed E-state index contributed by atoms with van der Waals surface area (Å²) in [6, 6.07) is 2.68. The second-order valence-corrected chi connectivity index (χ2v) is 6.98. The van der Waals surface area contributed by atoms with Crippen LogP contribution in [-0.4, -0.2) is 25.3 Å². The van der Waals surface area contributed by atoms with E-state index in [4.69, 9.17) is 4.74 Å². The molecule has 1 atom stereocenters. The minimum atomic E-state index is 0.0750. The van der Waals surface area contributed by atoms with Gasteiger partial charge in [-0.3, -0.25) is 0 Å². The summed E-state index contributed by atoms with van der Waals surface area (Å²) in [5.74, 6) is 0. The minimum Gasteiger partial charge on any atom is -0.377 e. The summed E-state index contributed by atoms with van der Waals surface area (Å²) in [6.45, 7) is 3.29. The number of rotatable bonds is 7. The number of thiophene rings is 1. The van der Waals surface area contributed by atoms with Gasteiger partial charge in [0.05, 0.1) is 5.60 Å². The summed E-state index contributed by atoms with van der Waals surface area (Å²) >= 11 is 5.36. The van der Waals surface area contributed by atoms with Gasteiger partial charge < -0.3 is 10.1 Å². The van der Waals surface area contributed by atoms with Crippen molar-refractivity contribution in [1.29, 1.82) is 0 Å². The molecule has 1 aromatic rings. The molecule has 1 N–H and O–H groups in total. The first kappa shape index (κ1) is 14.5. The predicted octanol–water partition coefficient (Wildman–Crippen LogP) is 3.99. The molecule has 2 nitrogen and oxygen atoms in total. The lowest BCUT2D eigenvalue weighted by Gasteiger charge is -2.47. The van der Waals surface area contributed by atoms with Crippen molar-refractivity contribution in [2.75, 3.05) is 13.7 Å². The van der Waals surface area contributed by atoms with E-state index >= 15 is 0 Å². The summed E-state index contributed by atoms with van der Waals surface area (Å²) in [4.78, 5) is 1.43. The van der Waals surface area contributed by atoms with Crippen molar-refractivity contribution in [3.63, 3.8) is 0 Å². The molecular formula is C14H22BrNOS. The molecule has 0 saturated heterocycles. The lowest BCUT2D eigenvalue weighted by atomic mass is 9.73. The van der Waals surface area contributed by atoms with Crippen molar-refractivity contribution < 1.29 is 4.74 Å². The third-order valence-corrected chi connectivity index (χ3v) is 5.63. The Kier molecular flexibility index (Phi) is 5.24. The number of hydrogen-bond acceptors (Lipinski definition) is 3. The van der Waals surface area contributed by atoms with Gasteiger partial charge in [0.25, 0.3) is 0 Å². The van der Waals surface area contributed by atoms with E-state index in [2.05, 4.69) is 39.6 Å². The van der Waals surface area contributed by atoms with E-state index < -0.39 is 0 Å². The van der Waals surface area contributed by atoms with Crippen molar-refractivity contribution in [2.24, 2.45) is 0 Å². The van der Waals surface area contributed by atoms with Gasteiger partial charge in [-0.1, -0.05) is 6.92 Å². The Bertz CT molecular complexity index is 370. The zero-order chi connectivity index (χ0) is 13.0. The lowest BCUT2D eigenvalue weighted by Crippen LogP contribution is -2.57. The molecule has 18 heavy (non-hydrogen) atoms. The first-order valence-corrected chi connectivity index (χ1v) is 8.39. The normalized spacial score (nSPS) is 19.5. The van der Waals surface area contributed by atoms with Crippen LogP contribution in [-0.2, 0) is 11.2 Å². The van der Waals surface area contributed by atoms with Crippen LogP contribution in [0.4, 0.5) is 0 Å². The van der Waals surface area contributed by atoms with E-state index in [9.17, 15) is 0 Å². The molecule has 1 heterocycles. The number of ether oxygens (including phenoxy) is 1. The Morgan fingerprint density at radius 2 is 2.33 bits per heavy atom. The van der Waals surface area contributed by atoms with E-state index in [0.717, 1.165) is 13.0 Å². The summed E-state index contributed by atoms with van der Waals surface area (Å²) in [6.07, 6.45) is 5.93. The standard InChI is InChI=1S/C14H22BrNOS/c1-3-7-16-13(14(17-2)5-4-6-14)9-12-8-11(15)10-18-12/h8,10,13,16H,3-7,9H2,1-2H3. The van der Waals surface area contributed by atoms with Gasteiger partial charge in [0.2, 0.25) is 0 Å². The number of hydrogen-bond donors (Lipinski definition) is 1. The van der Waals surface area contributed by atoms with Gasteiger partial charge in [-0.05, 0) is 60.6 Å². The van der Waals surface area contributed by atoms with Gasteiger partial charge in [-0.15, -0.1) is 11.3 Å². The highest BCUT2D eigenvalue weighted by Crippen LogP contribution is 2.39. The van der Waals surface area contributed by atoms with Gasteiger partial charge in [0.15, 0.2) is 0 Å². The summed E-state index contributed by atoms with van der Waals surface area (Å²) in [7, 11) is 1.87. The first-order chi connectivity index (χ1) is 8.70. The largest absolute Gasteiger partial charge is 0.377 e. The summed E-state index contributed by atoms with van der Waals surface area (Å²) < 4.78 is 7.03. The zero-order valence-corrected chi connectivity index (χ0v) is 13.6. The predicted molar refractivity (Wildman–Crippen MR) is 81.4 cm³/mol. The molecule has 0 bridgehead atoms. The SMILES string of the molecule is CCCNC(Cc1cc(Br)cs1)C1(OC)CCC1. The zero-order valence-electron chi connectivity index (χ0n) is 11.2. The average Bonchev–Trinajstić information content (AvgIpc) is 2.70. The van der Waals surface area contributed by atoms with Crippen LogP contribution >= 0.6 is 27.3 Å². The van der Waals surface area contributed by atoms with Gasteiger partial charge in [0.1, 0.15) is 0 Å². The second-order valence-electron chi connectivity index (χ2n) is 5.06. The quantitative estimate of drug-likeness (QED) is 0.815. The third kappa shape index (κ3) is 3.16. The maximum atomic E-state index is 5.84. The fourth-order valence-electron chi connectivity index (χ4n) is 2.64. The molecular weight excluding hydrogens is 310 g/mol. The highest BCUT2D eigenvalue weighted by Gasteiger charge is 2.44. The van der Waals surface area contributed by atoms with Crippen LogP contribution in [0.15, 0.2) is 15.9 Å². The fourth-order valence-corrected chi connectivity index (χ4v) is 4.14. The van der Waals surface area contributed by atoms with Crippen LogP contribution in [0.5, 0.6) is 0 Å². The van der Waals surface area contributed by atoms with Crippen molar-refractivity contribution in [1.82, 2.24) is 5.32 Å². The molecule has 0 spiro atoms. The van der Waals surface area contributed by atoms with Crippen molar-refractivity contribution in [3.05, 3.63) is 20.8 Å². The van der Waals surface area contributed by atoms with E-state index in [1.165, 1.54) is 35.0 Å². The Morgan fingerprint density at radius 3 is 2.78 bits per heavy atom. The average molecular weight is 332 g/mol. The van der Waals surface area contributed by atoms with E-state index in [1.54, 1.807) is 0 Å². The van der Waals surface area contributed by atoms with E-state index in [0.29, 0.717) is 6.04 Å². The Morgan fingerprint density at radius 1 is 1.56 bits per heavy atom. The molecule has 2 rings (SSSR count). The molecule has 4 heteroatoms. The van der Waals surface area contributed by atoms with Crippen LogP contribution in [0.25, 0.3) is 0 Å². The number of halogens is 1. The molecule has 1 fully saturated rings. The van der Waals surface area contributed by atoms with Crippen LogP contribution in [0.1, 0.15) is 37.5 Å². The van der Waals surface area contributed by atoms with E-state index in [-0.39, 0.29) is 5.60 Å². The molecule has 1 aliphatic rings. The fraction of sp³-hybridized carbons (Fsp3) is 0.714. The van der Waals surface area contributed by atoms with Crippen LogP contribution < -0.4 is 5.32 Å². The van der Waals surface area contributed by atoms with E-state index in [1.807, 2.05) is 18.4 Å². The van der Waals surface area contributed by atoms with Gasteiger partial charge in [0, 0.05) is 27.9 Å². The highest BCUT2D eigenvalue weighted by atomic mass is 79.9. The number of methoxy groups -OCH3 is 1. The maximum Gasteiger partial charge on any atom is 0.0834 e. The molecule has 0 amide bonds. The Labute approximate surface area is 122 Å². The second kappa shape index (κ2) is 6.51. The van der Waals surface area contributed by atoms with Crippen LogP contribution in [0.2, 0.25) is 0 Å². The van der Waals surface area contributed by atoms with Crippen molar-refractivity contribution in [3.8, 4) is 0 Å². The molecule has 102 valence electrons. The molecule has 0 aromatic carbocycles. The summed E-state index contributed by atoms with van der Waals surface area (Å²) in [5, 5.41) is 5.85. The monoisotopic (exact) mass is 331 g/mol. The van der Waals surface area contributed by atoms with Gasteiger partial charge in [-0.25, -0.2) is 0 Å². The number of nitrogens with one attached hydrogen (secondary N) is 1. The van der Waals surface area contributed by atoms with Crippen LogP contribution in [0, 0.1) is 0 Å². The minimum absolute atomic E-state index is 0.0750. The third-order valence-electron chi connectivity index (χ3n) is 3.91. The molecule has 1 aliphatic carbocycles. The first-order valence-electron chi connectivity index (χ1n) is 6.71. The molecule has 1 saturated carbocycles. The van der Waals surface area contributed by atoms with Crippen LogP contribution in [0.3, 0.4) is 0 Å². The van der Waals surface area contributed by atoms with Crippen molar-refractivity contribution >= 4 is 27.3 Å². The molecule has 0 radical (unpaired) electrons. The Balaban J connectivity index is 2.04. The smallest absolute Gasteiger partial charge is 0.0834 e. The molecule has 1 unspecified atom stereocenters. The van der Waals surface area contributed by atoms with Gasteiger partial charge in [-0.2, -0.15) is 0 Å². The Hall–Kier alpha value is 0.1000. The summed E-state index contributed by atoms with van der Waals surface area (Å²) in [5.41, 5.74) is 0.0750. The highest BCUT2D eigenvalue weighted by molar-refractivity contribution is 9.10. The van der Waals surface area contributed by atoms with Crippen molar-refractivity contribution in [2.45, 2.75) is 50.7 Å². The molecule has 1 aromatic heterocycles. The maximum absolute atomic E-state index is 5.84.